The van der Waals surface area contributed by atoms with E-state index in [1.54, 1.807) is 19.1 Å². The molecule has 0 amide bonds. The van der Waals surface area contributed by atoms with Crippen molar-refractivity contribution in [3.8, 4) is 0 Å². The van der Waals surface area contributed by atoms with Crippen LogP contribution in [0, 0.1) is 5.92 Å². The number of hydrogen-bond donors (Lipinski definition) is 7. The molecule has 9 nitrogen and oxygen atoms in total. The fourth-order valence-electron chi connectivity index (χ4n) is 4.97. The quantitative estimate of drug-likeness (QED) is 0.284. The van der Waals surface area contributed by atoms with Gasteiger partial charge < -0.3 is 45.2 Å². The molecule has 0 radical (unpaired) electrons. The van der Waals surface area contributed by atoms with Gasteiger partial charge in [0.05, 0.1) is 25.4 Å². The van der Waals surface area contributed by atoms with E-state index < -0.39 is 67.5 Å². The number of aliphatic hydroxyl groups excluding tert-OH is 7. The van der Waals surface area contributed by atoms with Crippen molar-refractivity contribution in [2.75, 3.05) is 13.2 Å². The third-order valence-corrected chi connectivity index (χ3v) is 7.13. The van der Waals surface area contributed by atoms with Gasteiger partial charge in [0.1, 0.15) is 42.7 Å². The van der Waals surface area contributed by atoms with Crippen LogP contribution in [-0.2, 0) is 15.9 Å². The third-order valence-electron chi connectivity index (χ3n) is 7.13. The van der Waals surface area contributed by atoms with Gasteiger partial charge >= 0.3 is 0 Å². The molecule has 2 aliphatic rings. The molecule has 4 rings (SSSR count). The summed E-state index contributed by atoms with van der Waals surface area (Å²) in [6.07, 6.45) is -8.95. The number of aliphatic hydroxyl groups is 7. The summed E-state index contributed by atoms with van der Waals surface area (Å²) in [5.74, 6) is -0.468. The Labute approximate surface area is 231 Å². The van der Waals surface area contributed by atoms with Crippen molar-refractivity contribution in [3.05, 3.63) is 70.8 Å². The van der Waals surface area contributed by atoms with Crippen LogP contribution in [-0.4, -0.2) is 91.7 Å². The molecule has 0 aromatic heterocycles. The minimum atomic E-state index is -1.45. The van der Waals surface area contributed by atoms with Gasteiger partial charge in [0, 0.05) is 5.92 Å². The zero-order valence-corrected chi connectivity index (χ0v) is 23.5. The van der Waals surface area contributed by atoms with Gasteiger partial charge in [-0.3, -0.25) is 0 Å². The molecule has 2 aromatic carbocycles. The van der Waals surface area contributed by atoms with Gasteiger partial charge in [0.15, 0.2) is 0 Å². The average Bonchev–Trinajstić information content (AvgIpc) is 2.97. The molecule has 0 aliphatic carbocycles. The van der Waals surface area contributed by atoms with E-state index >= 15 is 0 Å². The van der Waals surface area contributed by atoms with Gasteiger partial charge in [-0.05, 0) is 28.7 Å². The standard InChI is InChI=1S/C26H34O9.2C2H6/c1-13-20(29)18(11-27)34-25(21(13)30)16-6-2-4-14(9-16)8-15-5-3-7-17(10-15)26-24(33)23(32)22(31)19(12-28)35-26;2*1-2/h2-7,9-10,13,18-33H,8,11-12H2,1H3;2*1-2H3/t13-,18+,19+,20-,21-,22+,23-,24-,25+,26+;;/m0../s1. The van der Waals surface area contributed by atoms with Crippen LogP contribution >= 0.6 is 0 Å². The van der Waals surface area contributed by atoms with Gasteiger partial charge in [-0.1, -0.05) is 83.1 Å². The fourth-order valence-corrected chi connectivity index (χ4v) is 4.97. The van der Waals surface area contributed by atoms with E-state index in [-0.39, 0.29) is 6.61 Å². The molecule has 0 saturated carbocycles. The number of rotatable bonds is 6. The maximum absolute atomic E-state index is 10.7. The minimum absolute atomic E-state index is 0.348. The van der Waals surface area contributed by atoms with Gasteiger partial charge in [-0.15, -0.1) is 0 Å². The first-order valence-electron chi connectivity index (χ1n) is 13.9. The van der Waals surface area contributed by atoms with E-state index in [1.165, 1.54) is 0 Å². The smallest absolute Gasteiger partial charge is 0.113 e. The number of hydrogen-bond acceptors (Lipinski definition) is 9. The van der Waals surface area contributed by atoms with Crippen molar-refractivity contribution in [2.45, 2.75) is 96.0 Å². The van der Waals surface area contributed by atoms with Crippen LogP contribution in [0.2, 0.25) is 0 Å². The fraction of sp³-hybridized carbons (Fsp3) is 0.600. The Bertz CT molecular complexity index is 905. The summed E-state index contributed by atoms with van der Waals surface area (Å²) in [4.78, 5) is 0. The molecule has 2 saturated heterocycles. The molecule has 10 atom stereocenters. The van der Waals surface area contributed by atoms with Crippen molar-refractivity contribution in [1.82, 2.24) is 0 Å². The van der Waals surface area contributed by atoms with E-state index in [9.17, 15) is 35.7 Å². The largest absolute Gasteiger partial charge is 0.394 e. The molecule has 7 N–H and O–H groups in total. The Kier molecular flexibility index (Phi) is 13.5. The van der Waals surface area contributed by atoms with Gasteiger partial charge in [-0.25, -0.2) is 0 Å². The highest BCUT2D eigenvalue weighted by atomic mass is 16.5. The van der Waals surface area contributed by atoms with Gasteiger partial charge in [0.2, 0.25) is 0 Å². The summed E-state index contributed by atoms with van der Waals surface area (Å²) in [6, 6.07) is 14.8. The molecular formula is C30H46O9. The summed E-state index contributed by atoms with van der Waals surface area (Å²) in [7, 11) is 0. The van der Waals surface area contributed by atoms with Crippen molar-refractivity contribution >= 4 is 0 Å². The first-order chi connectivity index (χ1) is 18.7. The van der Waals surface area contributed by atoms with Crippen LogP contribution in [0.4, 0.5) is 0 Å². The van der Waals surface area contributed by atoms with E-state index in [0.717, 1.165) is 16.7 Å². The van der Waals surface area contributed by atoms with Crippen molar-refractivity contribution < 1.29 is 45.2 Å². The molecule has 9 heteroatoms. The Hall–Kier alpha value is -1.92. The summed E-state index contributed by atoms with van der Waals surface area (Å²) < 4.78 is 11.5. The molecule has 0 unspecified atom stereocenters. The average molecular weight is 551 g/mol. The monoisotopic (exact) mass is 550 g/mol. The van der Waals surface area contributed by atoms with E-state index in [0.29, 0.717) is 12.0 Å². The Morgan fingerprint density at radius 2 is 1.03 bits per heavy atom. The van der Waals surface area contributed by atoms with Crippen LogP contribution < -0.4 is 0 Å². The second-order valence-electron chi connectivity index (χ2n) is 9.53. The number of benzene rings is 2. The van der Waals surface area contributed by atoms with Gasteiger partial charge in [-0.2, -0.15) is 0 Å². The summed E-state index contributed by atoms with van der Waals surface area (Å²) in [6.45, 7) is 8.89. The molecular weight excluding hydrogens is 504 g/mol. The molecule has 220 valence electrons. The summed E-state index contributed by atoms with van der Waals surface area (Å²) in [5.41, 5.74) is 3.18. The van der Waals surface area contributed by atoms with Crippen LogP contribution in [0.1, 0.15) is 69.1 Å². The second-order valence-corrected chi connectivity index (χ2v) is 9.53. The lowest BCUT2D eigenvalue weighted by Crippen LogP contribution is -2.55. The van der Waals surface area contributed by atoms with Crippen LogP contribution in [0.15, 0.2) is 48.5 Å². The molecule has 2 aliphatic heterocycles. The lowest BCUT2D eigenvalue weighted by atomic mass is 9.84. The SMILES string of the molecule is CC.CC.C[C@@H]1[C@H](O)[C@@H](c2cccc(Cc3cccc([C@H]4O[C@H](CO)[C@@H](O)[C@H](O)[C@@H]4O)c3)c2)O[C@H](CO)[C@H]1O. The van der Waals surface area contributed by atoms with Crippen molar-refractivity contribution in [1.29, 1.82) is 0 Å². The zero-order valence-electron chi connectivity index (χ0n) is 23.5. The molecule has 0 bridgehead atoms. The highest BCUT2D eigenvalue weighted by Crippen LogP contribution is 2.36. The zero-order chi connectivity index (χ0) is 29.3. The first kappa shape index (κ1) is 33.3. The van der Waals surface area contributed by atoms with Crippen LogP contribution in [0.3, 0.4) is 0 Å². The molecule has 2 fully saturated rings. The third kappa shape index (κ3) is 7.64. The highest BCUT2D eigenvalue weighted by molar-refractivity contribution is 5.34. The van der Waals surface area contributed by atoms with Crippen LogP contribution in [0.5, 0.6) is 0 Å². The Morgan fingerprint density at radius 3 is 1.49 bits per heavy atom. The van der Waals surface area contributed by atoms with Crippen molar-refractivity contribution in [2.24, 2.45) is 5.92 Å². The molecule has 2 heterocycles. The maximum atomic E-state index is 10.7. The van der Waals surface area contributed by atoms with E-state index in [2.05, 4.69) is 0 Å². The highest BCUT2D eigenvalue weighted by Gasteiger charge is 2.44. The predicted molar refractivity (Wildman–Crippen MR) is 147 cm³/mol. The number of ether oxygens (including phenoxy) is 2. The Balaban J connectivity index is 0.00000127. The summed E-state index contributed by atoms with van der Waals surface area (Å²) >= 11 is 0. The second kappa shape index (κ2) is 15.8. The lowest BCUT2D eigenvalue weighted by Gasteiger charge is -2.41. The lowest BCUT2D eigenvalue weighted by molar-refractivity contribution is -0.231. The predicted octanol–water partition coefficient (Wildman–Crippen LogP) is 1.63. The molecule has 2 aromatic rings. The topological polar surface area (TPSA) is 160 Å². The maximum Gasteiger partial charge on any atom is 0.113 e. The molecule has 0 spiro atoms. The normalized spacial score (nSPS) is 34.3. The summed E-state index contributed by atoms with van der Waals surface area (Å²) in [5, 5.41) is 70.5. The Morgan fingerprint density at radius 1 is 0.590 bits per heavy atom. The minimum Gasteiger partial charge on any atom is -0.394 e. The van der Waals surface area contributed by atoms with E-state index in [1.807, 2.05) is 64.1 Å². The van der Waals surface area contributed by atoms with Gasteiger partial charge in [0.25, 0.3) is 0 Å². The first-order valence-corrected chi connectivity index (χ1v) is 13.9. The van der Waals surface area contributed by atoms with E-state index in [4.69, 9.17) is 9.47 Å². The van der Waals surface area contributed by atoms with Crippen LogP contribution in [0.25, 0.3) is 0 Å². The van der Waals surface area contributed by atoms with Crippen molar-refractivity contribution in [3.63, 3.8) is 0 Å². The molecule has 39 heavy (non-hydrogen) atoms.